The van der Waals surface area contributed by atoms with Crippen LogP contribution < -0.4 is 10.2 Å². The lowest BCUT2D eigenvalue weighted by molar-refractivity contribution is -0.116. The van der Waals surface area contributed by atoms with Gasteiger partial charge in [0.15, 0.2) is 0 Å². The van der Waals surface area contributed by atoms with Gasteiger partial charge < -0.3 is 14.6 Å². The summed E-state index contributed by atoms with van der Waals surface area (Å²) >= 11 is 6.54. The molecule has 1 aliphatic carbocycles. The average Bonchev–Trinajstić information content (AvgIpc) is 3.55. The second-order valence-electron chi connectivity index (χ2n) is 8.58. The number of anilines is 1. The highest BCUT2D eigenvalue weighted by Gasteiger charge is 2.27. The van der Waals surface area contributed by atoms with E-state index in [0.29, 0.717) is 35.3 Å². The number of hydrogen-bond acceptors (Lipinski definition) is 4. The van der Waals surface area contributed by atoms with Crippen molar-refractivity contribution in [1.82, 2.24) is 19.7 Å². The van der Waals surface area contributed by atoms with Crippen LogP contribution in [0.4, 0.5) is 5.69 Å². The number of halogens is 1. The predicted octanol–water partition coefficient (Wildman–Crippen LogP) is 4.74. The molecule has 0 radical (unpaired) electrons. The van der Waals surface area contributed by atoms with E-state index in [0.717, 1.165) is 35.3 Å². The Hall–Kier alpha value is -3.71. The molecule has 1 aliphatic rings. The number of fused-ring (bicyclic) bond motifs is 1. The van der Waals surface area contributed by atoms with Crippen molar-refractivity contribution in [2.45, 2.75) is 26.3 Å². The Kier molecular flexibility index (Phi) is 6.02. The number of pyridine rings is 2. The van der Waals surface area contributed by atoms with Crippen molar-refractivity contribution in [1.29, 1.82) is 0 Å². The fourth-order valence-electron chi connectivity index (χ4n) is 3.89. The first-order chi connectivity index (χ1) is 16.5. The SMILES string of the molecule is CC(=O)N(CC1CC1)c1ccc(-c2ccc(C(=O)NCc3ccc4nccn4c3)cn2)cc1Cl. The Bertz CT molecular complexity index is 1360. The van der Waals surface area contributed by atoms with E-state index in [1.807, 2.05) is 47.1 Å². The zero-order chi connectivity index (χ0) is 23.7. The van der Waals surface area contributed by atoms with Gasteiger partial charge in [0, 0.05) is 50.4 Å². The van der Waals surface area contributed by atoms with Crippen molar-refractivity contribution < 1.29 is 9.59 Å². The van der Waals surface area contributed by atoms with Gasteiger partial charge in [-0.2, -0.15) is 0 Å². The van der Waals surface area contributed by atoms with Gasteiger partial charge in [0.25, 0.3) is 5.91 Å². The number of carbonyl (C=O) groups excluding carboxylic acids is 2. The number of hydrogen-bond donors (Lipinski definition) is 1. The fraction of sp³-hybridized carbons (Fsp3) is 0.231. The van der Waals surface area contributed by atoms with E-state index >= 15 is 0 Å². The maximum atomic E-state index is 12.6. The summed E-state index contributed by atoms with van der Waals surface area (Å²) in [6.45, 7) is 2.67. The Morgan fingerprint density at radius 3 is 2.71 bits per heavy atom. The number of nitrogens with zero attached hydrogens (tertiary/aromatic N) is 4. The summed E-state index contributed by atoms with van der Waals surface area (Å²) in [4.78, 5) is 35.1. The first-order valence-electron chi connectivity index (χ1n) is 11.2. The van der Waals surface area contributed by atoms with E-state index in [4.69, 9.17) is 11.6 Å². The molecule has 7 nitrogen and oxygen atoms in total. The maximum absolute atomic E-state index is 12.6. The molecule has 5 rings (SSSR count). The highest BCUT2D eigenvalue weighted by molar-refractivity contribution is 6.34. The monoisotopic (exact) mass is 473 g/mol. The summed E-state index contributed by atoms with van der Waals surface area (Å²) in [5.74, 6) is 0.351. The molecule has 3 heterocycles. The molecule has 172 valence electrons. The smallest absolute Gasteiger partial charge is 0.253 e. The van der Waals surface area contributed by atoms with Gasteiger partial charge in [0.05, 0.1) is 22.0 Å². The Morgan fingerprint density at radius 1 is 1.15 bits per heavy atom. The molecule has 2 amide bonds. The van der Waals surface area contributed by atoms with Gasteiger partial charge in [0.1, 0.15) is 5.65 Å². The van der Waals surface area contributed by atoms with E-state index in [1.54, 1.807) is 36.4 Å². The topological polar surface area (TPSA) is 79.6 Å². The molecule has 1 N–H and O–H groups in total. The van der Waals surface area contributed by atoms with Crippen LogP contribution in [0.3, 0.4) is 0 Å². The summed E-state index contributed by atoms with van der Waals surface area (Å²) < 4.78 is 1.91. The summed E-state index contributed by atoms with van der Waals surface area (Å²) in [6, 6.07) is 13.0. The molecule has 1 aromatic carbocycles. The molecular formula is C26H24ClN5O2. The summed E-state index contributed by atoms with van der Waals surface area (Å²) in [7, 11) is 0. The lowest BCUT2D eigenvalue weighted by Crippen LogP contribution is -2.30. The van der Waals surface area contributed by atoms with Crippen LogP contribution >= 0.6 is 11.6 Å². The van der Waals surface area contributed by atoms with Gasteiger partial charge >= 0.3 is 0 Å². The van der Waals surface area contributed by atoms with Gasteiger partial charge in [-0.1, -0.05) is 23.7 Å². The first-order valence-corrected chi connectivity index (χ1v) is 11.6. The van der Waals surface area contributed by atoms with E-state index in [1.165, 1.54) is 0 Å². The minimum Gasteiger partial charge on any atom is -0.348 e. The number of amides is 2. The third-order valence-electron chi connectivity index (χ3n) is 5.98. The van der Waals surface area contributed by atoms with Crippen LogP contribution in [0.15, 0.2) is 67.3 Å². The second kappa shape index (κ2) is 9.27. The quantitative estimate of drug-likeness (QED) is 0.420. The molecule has 34 heavy (non-hydrogen) atoms. The van der Waals surface area contributed by atoms with Crippen LogP contribution in [0.2, 0.25) is 5.02 Å². The standard InChI is InChI=1S/C26H24ClN5O2/c1-17(33)32(16-18-2-3-18)24-8-6-20(12-22(24)27)23-7-5-21(14-29-23)26(34)30-13-19-4-9-25-28-10-11-31(25)15-19/h4-12,14-15,18H,2-3,13,16H2,1H3,(H,30,34). The molecule has 8 heteroatoms. The van der Waals surface area contributed by atoms with Crippen LogP contribution in [0.25, 0.3) is 16.9 Å². The molecule has 0 unspecified atom stereocenters. The fourth-order valence-corrected chi connectivity index (χ4v) is 4.18. The second-order valence-corrected chi connectivity index (χ2v) is 8.99. The number of imidazole rings is 1. The molecule has 0 bridgehead atoms. The van der Waals surface area contributed by atoms with E-state index in [2.05, 4.69) is 15.3 Å². The van der Waals surface area contributed by atoms with Crippen LogP contribution in [0.1, 0.15) is 35.7 Å². The third kappa shape index (κ3) is 4.79. The number of rotatable bonds is 7. The number of carbonyl (C=O) groups is 2. The van der Waals surface area contributed by atoms with Crippen molar-refractivity contribution >= 4 is 34.7 Å². The maximum Gasteiger partial charge on any atom is 0.253 e. The Labute approximate surface area is 202 Å². The van der Waals surface area contributed by atoms with Gasteiger partial charge in [0.2, 0.25) is 5.91 Å². The molecule has 0 saturated heterocycles. The van der Waals surface area contributed by atoms with Crippen LogP contribution in [0.5, 0.6) is 0 Å². The Morgan fingerprint density at radius 2 is 2.00 bits per heavy atom. The largest absolute Gasteiger partial charge is 0.348 e. The molecule has 0 aliphatic heterocycles. The van der Waals surface area contributed by atoms with Gasteiger partial charge in [-0.15, -0.1) is 0 Å². The summed E-state index contributed by atoms with van der Waals surface area (Å²) in [5, 5.41) is 3.43. The van der Waals surface area contributed by atoms with Crippen molar-refractivity contribution in [3.05, 3.63) is 83.4 Å². The first kappa shape index (κ1) is 22.1. The van der Waals surface area contributed by atoms with Crippen molar-refractivity contribution in [3.8, 4) is 11.3 Å². The molecule has 1 fully saturated rings. The minimum absolute atomic E-state index is 0.0139. The van der Waals surface area contributed by atoms with Crippen LogP contribution in [-0.4, -0.2) is 32.7 Å². The number of aromatic nitrogens is 3. The van der Waals surface area contributed by atoms with E-state index < -0.39 is 0 Å². The lowest BCUT2D eigenvalue weighted by atomic mass is 10.1. The summed E-state index contributed by atoms with van der Waals surface area (Å²) in [6.07, 6.45) is 9.41. The molecule has 3 aromatic heterocycles. The highest BCUT2D eigenvalue weighted by Crippen LogP contribution is 2.35. The van der Waals surface area contributed by atoms with Gasteiger partial charge in [-0.05, 0) is 54.7 Å². The van der Waals surface area contributed by atoms with E-state index in [-0.39, 0.29) is 11.8 Å². The van der Waals surface area contributed by atoms with Gasteiger partial charge in [-0.25, -0.2) is 4.98 Å². The normalized spacial score (nSPS) is 13.1. The summed E-state index contributed by atoms with van der Waals surface area (Å²) in [5.41, 5.74) is 4.55. The lowest BCUT2D eigenvalue weighted by Gasteiger charge is -2.22. The van der Waals surface area contributed by atoms with Crippen molar-refractivity contribution in [3.63, 3.8) is 0 Å². The van der Waals surface area contributed by atoms with Crippen molar-refractivity contribution in [2.24, 2.45) is 5.92 Å². The minimum atomic E-state index is -0.199. The van der Waals surface area contributed by atoms with Crippen molar-refractivity contribution in [2.75, 3.05) is 11.4 Å². The van der Waals surface area contributed by atoms with Crippen LogP contribution in [-0.2, 0) is 11.3 Å². The highest BCUT2D eigenvalue weighted by atomic mass is 35.5. The predicted molar refractivity (Wildman–Crippen MR) is 132 cm³/mol. The van der Waals surface area contributed by atoms with E-state index in [9.17, 15) is 9.59 Å². The zero-order valence-corrected chi connectivity index (χ0v) is 19.5. The molecule has 1 saturated carbocycles. The zero-order valence-electron chi connectivity index (χ0n) is 18.7. The Balaban J connectivity index is 1.26. The van der Waals surface area contributed by atoms with Gasteiger partial charge in [-0.3, -0.25) is 14.6 Å². The molecular weight excluding hydrogens is 450 g/mol. The number of benzene rings is 1. The third-order valence-corrected chi connectivity index (χ3v) is 6.28. The molecule has 0 atom stereocenters. The molecule has 4 aromatic rings. The number of nitrogens with one attached hydrogen (secondary N) is 1. The average molecular weight is 474 g/mol. The molecule has 0 spiro atoms. The van der Waals surface area contributed by atoms with Crippen LogP contribution in [0, 0.1) is 5.92 Å².